The number of amides is 2. The fourth-order valence-electron chi connectivity index (χ4n) is 2.11. The van der Waals surface area contributed by atoms with Gasteiger partial charge in [0.1, 0.15) is 5.82 Å². The van der Waals surface area contributed by atoms with Gasteiger partial charge in [0.05, 0.1) is 5.75 Å². The van der Waals surface area contributed by atoms with Crippen molar-refractivity contribution in [2.45, 2.75) is 5.75 Å². The van der Waals surface area contributed by atoms with Gasteiger partial charge < -0.3 is 9.47 Å². The summed E-state index contributed by atoms with van der Waals surface area (Å²) in [5.74, 6) is 0.739. The number of carbonyl (C=O) groups is 2. The molecule has 0 unspecified atom stereocenters. The summed E-state index contributed by atoms with van der Waals surface area (Å²) in [7, 11) is 0. The summed E-state index contributed by atoms with van der Waals surface area (Å²) in [6.45, 7) is 0.127. The van der Waals surface area contributed by atoms with Crippen LogP contribution in [0.2, 0.25) is 0 Å². The molecule has 2 aromatic rings. The zero-order valence-electron chi connectivity index (χ0n) is 13.1. The highest BCUT2D eigenvalue weighted by molar-refractivity contribution is 7.99. The van der Waals surface area contributed by atoms with E-state index in [2.05, 4.69) is 10.9 Å². The van der Waals surface area contributed by atoms with Crippen molar-refractivity contribution in [2.75, 3.05) is 12.5 Å². The van der Waals surface area contributed by atoms with Gasteiger partial charge in [-0.1, -0.05) is 12.1 Å². The quantitative estimate of drug-likeness (QED) is 0.798. The maximum absolute atomic E-state index is 12.8. The summed E-state index contributed by atoms with van der Waals surface area (Å²) in [5.41, 5.74) is 5.97. The Morgan fingerprint density at radius 3 is 2.60 bits per heavy atom. The minimum atomic E-state index is -0.449. The molecular weight excluding hydrogens is 347 g/mol. The van der Waals surface area contributed by atoms with E-state index in [0.29, 0.717) is 22.8 Å². The average Bonchev–Trinajstić information content (AvgIpc) is 3.09. The minimum Gasteiger partial charge on any atom is -0.454 e. The van der Waals surface area contributed by atoms with Gasteiger partial charge in [0.15, 0.2) is 11.5 Å². The monoisotopic (exact) mass is 362 g/mol. The number of hydrogen-bond acceptors (Lipinski definition) is 5. The Kier molecular flexibility index (Phi) is 5.39. The topological polar surface area (TPSA) is 76.7 Å². The van der Waals surface area contributed by atoms with Crippen molar-refractivity contribution in [2.24, 2.45) is 0 Å². The van der Waals surface area contributed by atoms with Gasteiger partial charge in [-0.15, -0.1) is 11.8 Å². The van der Waals surface area contributed by atoms with Crippen LogP contribution in [0.3, 0.4) is 0 Å². The summed E-state index contributed by atoms with van der Waals surface area (Å²) >= 11 is 1.36. The molecule has 1 aliphatic rings. The fraction of sp³-hybridized carbons (Fsp3) is 0.176. The predicted molar refractivity (Wildman–Crippen MR) is 90.7 cm³/mol. The van der Waals surface area contributed by atoms with E-state index in [1.807, 2.05) is 0 Å². The molecule has 2 N–H and O–H groups in total. The van der Waals surface area contributed by atoms with Crippen LogP contribution in [0.1, 0.15) is 15.9 Å². The molecule has 0 saturated heterocycles. The fourth-order valence-corrected chi connectivity index (χ4v) is 2.90. The van der Waals surface area contributed by atoms with Gasteiger partial charge in [-0.3, -0.25) is 20.4 Å². The summed E-state index contributed by atoms with van der Waals surface area (Å²) < 4.78 is 23.2. The van der Waals surface area contributed by atoms with Crippen LogP contribution in [0.15, 0.2) is 42.5 Å². The van der Waals surface area contributed by atoms with Crippen LogP contribution in [0.25, 0.3) is 0 Å². The molecule has 0 fully saturated rings. The van der Waals surface area contributed by atoms with Crippen molar-refractivity contribution >= 4 is 23.6 Å². The molecule has 130 valence electrons. The second-order valence-corrected chi connectivity index (χ2v) is 6.18. The van der Waals surface area contributed by atoms with E-state index in [0.717, 1.165) is 5.56 Å². The number of nitrogens with one attached hydrogen (secondary N) is 2. The predicted octanol–water partition coefficient (Wildman–Crippen LogP) is 2.25. The Morgan fingerprint density at radius 1 is 1.04 bits per heavy atom. The lowest BCUT2D eigenvalue weighted by Gasteiger charge is -2.08. The van der Waals surface area contributed by atoms with Crippen LogP contribution >= 0.6 is 11.8 Å². The SMILES string of the molecule is O=C(CSCc1ccc(F)cc1)NNC(=O)c1ccc2c(c1)OCO2. The van der Waals surface area contributed by atoms with E-state index in [9.17, 15) is 14.0 Å². The highest BCUT2D eigenvalue weighted by atomic mass is 32.2. The molecule has 1 aliphatic heterocycles. The van der Waals surface area contributed by atoms with Crippen molar-refractivity contribution < 1.29 is 23.5 Å². The molecule has 25 heavy (non-hydrogen) atoms. The number of carbonyl (C=O) groups excluding carboxylic acids is 2. The summed E-state index contributed by atoms with van der Waals surface area (Å²) in [4.78, 5) is 23.8. The second-order valence-electron chi connectivity index (χ2n) is 5.19. The van der Waals surface area contributed by atoms with E-state index in [1.165, 1.54) is 23.9 Å². The molecule has 0 aromatic heterocycles. The Bertz CT molecular complexity index is 783. The third-order valence-electron chi connectivity index (χ3n) is 3.37. The minimum absolute atomic E-state index is 0.127. The van der Waals surface area contributed by atoms with Gasteiger partial charge >= 0.3 is 0 Å². The molecule has 0 aliphatic carbocycles. The standard InChI is InChI=1S/C17H15FN2O4S/c18-13-4-1-11(2-5-13)8-25-9-16(21)19-20-17(22)12-3-6-14-15(7-12)24-10-23-14/h1-7H,8-10H2,(H,19,21)(H,20,22). The molecule has 3 rings (SSSR count). The average molecular weight is 362 g/mol. The van der Waals surface area contributed by atoms with E-state index in [1.54, 1.807) is 30.3 Å². The van der Waals surface area contributed by atoms with Crippen LogP contribution in [0.4, 0.5) is 4.39 Å². The molecule has 2 aromatic carbocycles. The first kappa shape index (κ1) is 17.1. The highest BCUT2D eigenvalue weighted by Gasteiger charge is 2.16. The molecule has 8 heteroatoms. The first-order chi connectivity index (χ1) is 12.1. The van der Waals surface area contributed by atoms with Crippen LogP contribution in [-0.2, 0) is 10.5 Å². The molecule has 0 bridgehead atoms. The molecule has 6 nitrogen and oxygen atoms in total. The summed E-state index contributed by atoms with van der Waals surface area (Å²) in [6, 6.07) is 10.9. The van der Waals surface area contributed by atoms with Crippen LogP contribution < -0.4 is 20.3 Å². The Balaban J connectivity index is 1.41. The van der Waals surface area contributed by atoms with Gasteiger partial charge in [0.25, 0.3) is 5.91 Å². The smallest absolute Gasteiger partial charge is 0.269 e. The second kappa shape index (κ2) is 7.89. The Hall–Kier alpha value is -2.74. The lowest BCUT2D eigenvalue weighted by molar-refractivity contribution is -0.119. The molecule has 0 atom stereocenters. The van der Waals surface area contributed by atoms with Crippen molar-refractivity contribution in [1.29, 1.82) is 0 Å². The summed E-state index contributed by atoms with van der Waals surface area (Å²) in [5, 5.41) is 0. The van der Waals surface area contributed by atoms with Crippen molar-refractivity contribution in [1.82, 2.24) is 10.9 Å². The van der Waals surface area contributed by atoms with E-state index < -0.39 is 5.91 Å². The van der Waals surface area contributed by atoms with E-state index >= 15 is 0 Å². The number of benzene rings is 2. The van der Waals surface area contributed by atoms with E-state index in [4.69, 9.17) is 9.47 Å². The van der Waals surface area contributed by atoms with Crippen LogP contribution in [0, 0.1) is 5.82 Å². The number of hydrogen-bond donors (Lipinski definition) is 2. The molecular formula is C17H15FN2O4S. The third-order valence-corrected chi connectivity index (χ3v) is 4.37. The van der Waals surface area contributed by atoms with Gasteiger partial charge in [-0.2, -0.15) is 0 Å². The molecule has 0 spiro atoms. The molecule has 2 amide bonds. The van der Waals surface area contributed by atoms with Crippen molar-refractivity contribution in [3.05, 3.63) is 59.4 Å². The van der Waals surface area contributed by atoms with Crippen LogP contribution in [0.5, 0.6) is 11.5 Å². The number of ether oxygens (including phenoxy) is 2. The molecule has 0 saturated carbocycles. The Morgan fingerprint density at radius 2 is 1.80 bits per heavy atom. The maximum atomic E-state index is 12.8. The van der Waals surface area contributed by atoms with Crippen LogP contribution in [-0.4, -0.2) is 24.4 Å². The number of fused-ring (bicyclic) bond motifs is 1. The van der Waals surface area contributed by atoms with E-state index in [-0.39, 0.29) is 24.3 Å². The number of hydrazine groups is 1. The maximum Gasteiger partial charge on any atom is 0.269 e. The van der Waals surface area contributed by atoms with Gasteiger partial charge in [-0.05, 0) is 35.9 Å². The molecule has 1 heterocycles. The first-order valence-corrected chi connectivity index (χ1v) is 8.58. The molecule has 0 radical (unpaired) electrons. The normalized spacial score (nSPS) is 11.9. The van der Waals surface area contributed by atoms with Gasteiger partial charge in [0, 0.05) is 11.3 Å². The largest absolute Gasteiger partial charge is 0.454 e. The lowest BCUT2D eigenvalue weighted by Crippen LogP contribution is -2.42. The van der Waals surface area contributed by atoms with Crippen molar-refractivity contribution in [3.63, 3.8) is 0 Å². The number of rotatable bonds is 5. The summed E-state index contributed by atoms with van der Waals surface area (Å²) in [6.07, 6.45) is 0. The lowest BCUT2D eigenvalue weighted by atomic mass is 10.2. The van der Waals surface area contributed by atoms with Gasteiger partial charge in [0.2, 0.25) is 12.7 Å². The zero-order chi connectivity index (χ0) is 17.6. The van der Waals surface area contributed by atoms with Gasteiger partial charge in [-0.25, -0.2) is 4.39 Å². The Labute approximate surface area is 147 Å². The zero-order valence-corrected chi connectivity index (χ0v) is 13.9. The number of halogens is 1. The number of thioether (sulfide) groups is 1. The first-order valence-electron chi connectivity index (χ1n) is 7.43. The highest BCUT2D eigenvalue weighted by Crippen LogP contribution is 2.32. The van der Waals surface area contributed by atoms with Crippen molar-refractivity contribution in [3.8, 4) is 11.5 Å². The third kappa shape index (κ3) is 4.63.